The minimum absolute atomic E-state index is 0.0310. The van der Waals surface area contributed by atoms with E-state index in [4.69, 9.17) is 0 Å². The largest absolute Gasteiger partial charge is 0.434 e. The van der Waals surface area contributed by atoms with Gasteiger partial charge >= 0.3 is 6.18 Å². The third-order valence-electron chi connectivity index (χ3n) is 1.69. The molecule has 0 aliphatic heterocycles. The van der Waals surface area contributed by atoms with Crippen LogP contribution in [-0.2, 0) is 6.18 Å². The first-order chi connectivity index (χ1) is 7.98. The summed E-state index contributed by atoms with van der Waals surface area (Å²) in [6.07, 6.45) is -3.54. The first-order valence-electron chi connectivity index (χ1n) is 4.16. The van der Waals surface area contributed by atoms with Crippen LogP contribution in [0.15, 0.2) is 11.8 Å². The van der Waals surface area contributed by atoms with Crippen LogP contribution in [0, 0.1) is 0 Å². The van der Waals surface area contributed by atoms with Crippen molar-refractivity contribution in [2.45, 2.75) is 6.18 Å². The smallest absolute Gasteiger partial charge is 0.290 e. The van der Waals surface area contributed by atoms with Gasteiger partial charge in [0.25, 0.3) is 5.91 Å². The molecule has 0 spiro atoms. The number of aromatic nitrogens is 4. The van der Waals surface area contributed by atoms with Gasteiger partial charge < -0.3 is 0 Å². The summed E-state index contributed by atoms with van der Waals surface area (Å²) in [6, 6.07) is 0. The molecular formula is C7H4F3N5OS. The summed E-state index contributed by atoms with van der Waals surface area (Å²) in [7, 11) is 0. The Kier molecular flexibility index (Phi) is 2.79. The van der Waals surface area contributed by atoms with Crippen LogP contribution in [0.2, 0.25) is 0 Å². The van der Waals surface area contributed by atoms with Gasteiger partial charge in [-0.3, -0.25) is 10.1 Å². The SMILES string of the molecule is O=C(Nc1ncn[nH]1)c1scnc1C(F)(F)F. The van der Waals surface area contributed by atoms with Crippen LogP contribution in [0.1, 0.15) is 15.4 Å². The second-order valence-corrected chi connectivity index (χ2v) is 3.67. The molecule has 1 amide bonds. The van der Waals surface area contributed by atoms with Crippen molar-refractivity contribution < 1.29 is 18.0 Å². The summed E-state index contributed by atoms with van der Waals surface area (Å²) < 4.78 is 37.3. The summed E-state index contributed by atoms with van der Waals surface area (Å²) in [5.74, 6) is -0.965. The fourth-order valence-electron chi connectivity index (χ4n) is 1.04. The van der Waals surface area contributed by atoms with E-state index in [1.807, 2.05) is 0 Å². The van der Waals surface area contributed by atoms with Crippen LogP contribution in [0.4, 0.5) is 19.1 Å². The highest BCUT2D eigenvalue weighted by Gasteiger charge is 2.38. The molecule has 90 valence electrons. The summed E-state index contributed by atoms with van der Waals surface area (Å²) in [5, 5.41) is 7.88. The lowest BCUT2D eigenvalue weighted by molar-refractivity contribution is -0.141. The fourth-order valence-corrected chi connectivity index (χ4v) is 1.74. The molecule has 0 saturated heterocycles. The van der Waals surface area contributed by atoms with E-state index in [2.05, 4.69) is 25.5 Å². The third kappa shape index (κ3) is 2.41. The van der Waals surface area contributed by atoms with Crippen molar-refractivity contribution in [1.82, 2.24) is 20.2 Å². The third-order valence-corrected chi connectivity index (χ3v) is 2.51. The average Bonchev–Trinajstić information content (AvgIpc) is 2.85. The van der Waals surface area contributed by atoms with Crippen LogP contribution < -0.4 is 5.32 Å². The summed E-state index contributed by atoms with van der Waals surface area (Å²) in [4.78, 5) is 17.7. The minimum Gasteiger partial charge on any atom is -0.290 e. The zero-order chi connectivity index (χ0) is 12.5. The van der Waals surface area contributed by atoms with Gasteiger partial charge in [0, 0.05) is 0 Å². The zero-order valence-corrected chi connectivity index (χ0v) is 8.76. The van der Waals surface area contributed by atoms with E-state index in [0.717, 1.165) is 11.8 Å². The molecule has 6 nitrogen and oxygen atoms in total. The molecule has 0 atom stereocenters. The van der Waals surface area contributed by atoms with Gasteiger partial charge in [-0.15, -0.1) is 11.3 Å². The number of anilines is 1. The minimum atomic E-state index is -4.66. The monoisotopic (exact) mass is 263 g/mol. The Balaban J connectivity index is 2.23. The van der Waals surface area contributed by atoms with Gasteiger partial charge in [-0.05, 0) is 0 Å². The maximum absolute atomic E-state index is 12.4. The molecule has 0 unspecified atom stereocenters. The number of hydrogen-bond donors (Lipinski definition) is 2. The normalized spacial score (nSPS) is 11.5. The Hall–Kier alpha value is -1.97. The van der Waals surface area contributed by atoms with Crippen LogP contribution in [0.5, 0.6) is 0 Å². The van der Waals surface area contributed by atoms with Gasteiger partial charge in [0.1, 0.15) is 11.2 Å². The number of amides is 1. The van der Waals surface area contributed by atoms with Crippen LogP contribution in [-0.4, -0.2) is 26.1 Å². The Morgan fingerprint density at radius 1 is 1.41 bits per heavy atom. The molecule has 2 N–H and O–H groups in total. The number of alkyl halides is 3. The molecule has 0 radical (unpaired) electrons. The molecule has 0 fully saturated rings. The summed E-state index contributed by atoms with van der Waals surface area (Å²) in [5.41, 5.74) is -0.252. The number of carbonyl (C=O) groups is 1. The van der Waals surface area contributed by atoms with Crippen molar-refractivity contribution in [3.05, 3.63) is 22.4 Å². The molecule has 17 heavy (non-hydrogen) atoms. The topological polar surface area (TPSA) is 83.6 Å². The van der Waals surface area contributed by atoms with Gasteiger partial charge in [-0.2, -0.15) is 23.3 Å². The van der Waals surface area contributed by atoms with E-state index in [1.54, 1.807) is 0 Å². The highest BCUT2D eigenvalue weighted by atomic mass is 32.1. The van der Waals surface area contributed by atoms with Crippen molar-refractivity contribution in [3.63, 3.8) is 0 Å². The van der Waals surface area contributed by atoms with Crippen molar-refractivity contribution in [2.24, 2.45) is 0 Å². The van der Waals surface area contributed by atoms with Gasteiger partial charge in [0.2, 0.25) is 5.95 Å². The number of nitrogens with one attached hydrogen (secondary N) is 2. The molecule has 0 aromatic carbocycles. The lowest BCUT2D eigenvalue weighted by atomic mass is 10.3. The van der Waals surface area contributed by atoms with E-state index in [1.165, 1.54) is 0 Å². The van der Waals surface area contributed by atoms with Crippen LogP contribution >= 0.6 is 11.3 Å². The quantitative estimate of drug-likeness (QED) is 0.860. The lowest BCUT2D eigenvalue weighted by Gasteiger charge is -2.05. The first kappa shape index (κ1) is 11.5. The number of thiazole rings is 1. The molecule has 2 aromatic heterocycles. The number of rotatable bonds is 2. The van der Waals surface area contributed by atoms with Crippen molar-refractivity contribution in [1.29, 1.82) is 0 Å². The van der Waals surface area contributed by atoms with E-state index in [0.29, 0.717) is 11.3 Å². The Labute approximate surface area is 95.9 Å². The van der Waals surface area contributed by atoms with Crippen LogP contribution in [0.25, 0.3) is 0 Å². The van der Waals surface area contributed by atoms with Gasteiger partial charge in [0.05, 0.1) is 5.51 Å². The molecular weight excluding hydrogens is 259 g/mol. The van der Waals surface area contributed by atoms with Gasteiger partial charge in [0.15, 0.2) is 5.69 Å². The molecule has 2 rings (SSSR count). The number of halogens is 3. The second-order valence-electron chi connectivity index (χ2n) is 2.82. The standard InChI is InChI=1S/C7H4F3N5OS/c8-7(9,10)4-3(17-2-12-4)5(16)14-6-11-1-13-15-6/h1-2H,(H2,11,13,14,15,16). The Morgan fingerprint density at radius 2 is 2.18 bits per heavy atom. The van der Waals surface area contributed by atoms with Crippen molar-refractivity contribution >= 4 is 23.2 Å². The van der Waals surface area contributed by atoms with Crippen molar-refractivity contribution in [2.75, 3.05) is 5.32 Å². The van der Waals surface area contributed by atoms with Gasteiger partial charge in [-0.25, -0.2) is 10.1 Å². The maximum Gasteiger partial charge on any atom is 0.434 e. The molecule has 0 aliphatic carbocycles. The molecule has 2 heterocycles. The summed E-state index contributed by atoms with van der Waals surface area (Å²) in [6.45, 7) is 0. The van der Waals surface area contributed by atoms with Gasteiger partial charge in [-0.1, -0.05) is 0 Å². The second kappa shape index (κ2) is 4.13. The molecule has 0 bridgehead atoms. The predicted molar refractivity (Wildman–Crippen MR) is 51.5 cm³/mol. The first-order valence-corrected chi connectivity index (χ1v) is 5.04. The molecule has 0 aliphatic rings. The Bertz CT molecular complexity index is 520. The number of aromatic amines is 1. The van der Waals surface area contributed by atoms with E-state index >= 15 is 0 Å². The fraction of sp³-hybridized carbons (Fsp3) is 0.143. The maximum atomic E-state index is 12.4. The average molecular weight is 263 g/mol. The lowest BCUT2D eigenvalue weighted by Crippen LogP contribution is -2.17. The number of hydrogen-bond acceptors (Lipinski definition) is 5. The van der Waals surface area contributed by atoms with Crippen LogP contribution in [0.3, 0.4) is 0 Å². The molecule has 10 heteroatoms. The predicted octanol–water partition coefficient (Wildman–Crippen LogP) is 1.53. The number of carbonyl (C=O) groups excluding carboxylic acids is 1. The van der Waals surface area contributed by atoms with E-state index in [9.17, 15) is 18.0 Å². The molecule has 2 aromatic rings. The van der Waals surface area contributed by atoms with Crippen molar-refractivity contribution in [3.8, 4) is 0 Å². The highest BCUT2D eigenvalue weighted by Crippen LogP contribution is 2.32. The van der Waals surface area contributed by atoms with E-state index < -0.39 is 22.7 Å². The number of H-pyrrole nitrogens is 1. The van der Waals surface area contributed by atoms with E-state index in [-0.39, 0.29) is 5.95 Å². The number of nitrogens with zero attached hydrogens (tertiary/aromatic N) is 3. The molecule has 0 saturated carbocycles. The Morgan fingerprint density at radius 3 is 2.76 bits per heavy atom. The zero-order valence-electron chi connectivity index (χ0n) is 7.95. The summed E-state index contributed by atoms with van der Waals surface area (Å²) >= 11 is 0.601. The highest BCUT2D eigenvalue weighted by molar-refractivity contribution is 7.12.